The molecule has 1 aromatic carbocycles. The number of aliphatic hydroxyl groups excluding tert-OH is 1. The van der Waals surface area contributed by atoms with Gasteiger partial charge in [-0.15, -0.1) is 0 Å². The smallest absolute Gasteiger partial charge is 0.270 e. The van der Waals surface area contributed by atoms with Gasteiger partial charge in [0.25, 0.3) is 5.69 Å². The third-order valence-electron chi connectivity index (χ3n) is 2.77. The van der Waals surface area contributed by atoms with E-state index in [-0.39, 0.29) is 11.8 Å². The molecule has 6 heteroatoms. The SMILES string of the molecule is COc1ccc([N+](=O)[O-])cc1CNCCCC(C)O. The number of nitrogens with zero attached hydrogens (tertiary/aromatic N) is 1. The first-order valence-corrected chi connectivity index (χ1v) is 6.24. The summed E-state index contributed by atoms with van der Waals surface area (Å²) in [6.07, 6.45) is 1.29. The highest BCUT2D eigenvalue weighted by molar-refractivity contribution is 5.43. The van der Waals surface area contributed by atoms with Crippen LogP contribution < -0.4 is 10.1 Å². The number of non-ortho nitro benzene ring substituents is 1. The normalized spacial score (nSPS) is 12.2. The molecule has 106 valence electrons. The number of methoxy groups -OCH3 is 1. The topological polar surface area (TPSA) is 84.6 Å². The lowest BCUT2D eigenvalue weighted by molar-refractivity contribution is -0.384. The minimum atomic E-state index is -0.420. The van der Waals surface area contributed by atoms with Crippen LogP contribution >= 0.6 is 0 Å². The third kappa shape index (κ3) is 5.23. The molecule has 0 aromatic heterocycles. The Morgan fingerprint density at radius 3 is 2.84 bits per heavy atom. The fourth-order valence-electron chi connectivity index (χ4n) is 1.76. The molecule has 1 unspecified atom stereocenters. The minimum Gasteiger partial charge on any atom is -0.496 e. The summed E-state index contributed by atoms with van der Waals surface area (Å²) in [5.41, 5.74) is 0.815. The Labute approximate surface area is 112 Å². The first-order valence-electron chi connectivity index (χ1n) is 6.24. The number of hydrogen-bond donors (Lipinski definition) is 2. The largest absolute Gasteiger partial charge is 0.496 e. The molecule has 0 aliphatic carbocycles. The van der Waals surface area contributed by atoms with Gasteiger partial charge in [-0.1, -0.05) is 0 Å². The molecular weight excluding hydrogens is 248 g/mol. The van der Waals surface area contributed by atoms with Crippen molar-refractivity contribution in [2.24, 2.45) is 0 Å². The van der Waals surface area contributed by atoms with Crippen LogP contribution in [0.15, 0.2) is 18.2 Å². The van der Waals surface area contributed by atoms with Crippen molar-refractivity contribution < 1.29 is 14.8 Å². The molecule has 0 radical (unpaired) electrons. The summed E-state index contributed by atoms with van der Waals surface area (Å²) in [5.74, 6) is 0.633. The van der Waals surface area contributed by atoms with E-state index in [2.05, 4.69) is 5.32 Å². The molecule has 0 amide bonds. The number of nitrogens with one attached hydrogen (secondary N) is 1. The number of nitro groups is 1. The van der Waals surface area contributed by atoms with Gasteiger partial charge >= 0.3 is 0 Å². The second-order valence-electron chi connectivity index (χ2n) is 4.42. The van der Waals surface area contributed by atoms with Crippen molar-refractivity contribution in [1.29, 1.82) is 0 Å². The Bertz CT molecular complexity index is 421. The van der Waals surface area contributed by atoms with E-state index in [4.69, 9.17) is 9.84 Å². The molecule has 1 rings (SSSR count). The molecule has 0 saturated heterocycles. The zero-order valence-electron chi connectivity index (χ0n) is 11.3. The molecule has 1 aromatic rings. The lowest BCUT2D eigenvalue weighted by atomic mass is 10.1. The molecule has 19 heavy (non-hydrogen) atoms. The zero-order chi connectivity index (χ0) is 14.3. The van der Waals surface area contributed by atoms with Crippen LogP contribution in [0, 0.1) is 10.1 Å². The highest BCUT2D eigenvalue weighted by Crippen LogP contribution is 2.23. The van der Waals surface area contributed by atoms with Crippen LogP contribution in [0.3, 0.4) is 0 Å². The minimum absolute atomic E-state index is 0.0570. The predicted molar refractivity (Wildman–Crippen MR) is 72.3 cm³/mol. The van der Waals surface area contributed by atoms with Gasteiger partial charge in [0, 0.05) is 24.2 Å². The van der Waals surface area contributed by atoms with Crippen LogP contribution in [0.5, 0.6) is 5.75 Å². The van der Waals surface area contributed by atoms with E-state index in [1.54, 1.807) is 13.0 Å². The van der Waals surface area contributed by atoms with Crippen molar-refractivity contribution in [3.8, 4) is 5.75 Å². The Balaban J connectivity index is 2.55. The second kappa shape index (κ2) is 7.70. The Morgan fingerprint density at radius 1 is 1.53 bits per heavy atom. The first kappa shape index (κ1) is 15.4. The van der Waals surface area contributed by atoms with Crippen LogP contribution in [0.1, 0.15) is 25.3 Å². The summed E-state index contributed by atoms with van der Waals surface area (Å²) in [5, 5.41) is 23.0. The summed E-state index contributed by atoms with van der Waals surface area (Å²) >= 11 is 0. The molecule has 6 nitrogen and oxygen atoms in total. The van der Waals surface area contributed by atoms with Gasteiger partial charge in [-0.2, -0.15) is 0 Å². The van der Waals surface area contributed by atoms with E-state index in [1.165, 1.54) is 19.2 Å². The standard InChI is InChI=1S/C13H20N2O4/c1-10(16)4-3-7-14-9-11-8-12(15(17)18)5-6-13(11)19-2/h5-6,8,10,14,16H,3-4,7,9H2,1-2H3. The van der Waals surface area contributed by atoms with Crippen LogP contribution in [-0.2, 0) is 6.54 Å². The van der Waals surface area contributed by atoms with E-state index >= 15 is 0 Å². The number of hydrogen-bond acceptors (Lipinski definition) is 5. The molecule has 0 fully saturated rings. The van der Waals surface area contributed by atoms with E-state index in [0.717, 1.165) is 24.9 Å². The molecule has 0 bridgehead atoms. The molecule has 0 aliphatic rings. The number of benzene rings is 1. The average molecular weight is 268 g/mol. The van der Waals surface area contributed by atoms with Crippen LogP contribution in [-0.4, -0.2) is 29.8 Å². The van der Waals surface area contributed by atoms with Gasteiger partial charge in [-0.25, -0.2) is 0 Å². The molecule has 0 heterocycles. The van der Waals surface area contributed by atoms with Gasteiger partial charge in [0.05, 0.1) is 18.1 Å². The summed E-state index contributed by atoms with van der Waals surface area (Å²) in [6.45, 7) is 3.00. The van der Waals surface area contributed by atoms with Crippen molar-refractivity contribution in [2.45, 2.75) is 32.4 Å². The van der Waals surface area contributed by atoms with Crippen molar-refractivity contribution >= 4 is 5.69 Å². The first-order chi connectivity index (χ1) is 9.04. The van der Waals surface area contributed by atoms with Crippen molar-refractivity contribution in [3.63, 3.8) is 0 Å². The molecule has 2 N–H and O–H groups in total. The van der Waals surface area contributed by atoms with Gasteiger partial charge in [0.15, 0.2) is 0 Å². The van der Waals surface area contributed by atoms with Gasteiger partial charge < -0.3 is 15.2 Å². The quantitative estimate of drug-likeness (QED) is 0.427. The van der Waals surface area contributed by atoms with Crippen LogP contribution in [0.2, 0.25) is 0 Å². The van der Waals surface area contributed by atoms with Crippen molar-refractivity contribution in [3.05, 3.63) is 33.9 Å². The summed E-state index contributed by atoms with van der Waals surface area (Å²) < 4.78 is 5.17. The monoisotopic (exact) mass is 268 g/mol. The maximum absolute atomic E-state index is 10.7. The highest BCUT2D eigenvalue weighted by atomic mass is 16.6. The molecule has 0 spiro atoms. The summed E-state index contributed by atoms with van der Waals surface area (Å²) in [7, 11) is 1.54. The Hall–Kier alpha value is -1.66. The Morgan fingerprint density at radius 2 is 2.26 bits per heavy atom. The van der Waals surface area contributed by atoms with Gasteiger partial charge in [0.2, 0.25) is 0 Å². The van der Waals surface area contributed by atoms with Gasteiger partial charge in [-0.3, -0.25) is 10.1 Å². The maximum Gasteiger partial charge on any atom is 0.270 e. The third-order valence-corrected chi connectivity index (χ3v) is 2.77. The second-order valence-corrected chi connectivity index (χ2v) is 4.42. The molecule has 1 atom stereocenters. The van der Waals surface area contributed by atoms with E-state index < -0.39 is 4.92 Å². The van der Waals surface area contributed by atoms with E-state index in [0.29, 0.717) is 12.3 Å². The molecule has 0 saturated carbocycles. The van der Waals surface area contributed by atoms with Crippen molar-refractivity contribution in [2.75, 3.05) is 13.7 Å². The zero-order valence-corrected chi connectivity index (χ0v) is 11.3. The lowest BCUT2D eigenvalue weighted by Gasteiger charge is -2.10. The molecule has 0 aliphatic heterocycles. The fraction of sp³-hybridized carbons (Fsp3) is 0.538. The van der Waals surface area contributed by atoms with Gasteiger partial charge in [-0.05, 0) is 32.4 Å². The van der Waals surface area contributed by atoms with Gasteiger partial charge in [0.1, 0.15) is 5.75 Å². The lowest BCUT2D eigenvalue weighted by Crippen LogP contribution is -2.16. The number of rotatable bonds is 8. The number of nitro benzene ring substituents is 1. The van der Waals surface area contributed by atoms with E-state index in [1.807, 2.05) is 0 Å². The number of aliphatic hydroxyl groups is 1. The fourth-order valence-corrected chi connectivity index (χ4v) is 1.76. The van der Waals surface area contributed by atoms with Crippen LogP contribution in [0.4, 0.5) is 5.69 Å². The summed E-state index contributed by atoms with van der Waals surface area (Å²) in [6, 6.07) is 4.54. The maximum atomic E-state index is 10.7. The predicted octanol–water partition coefficient (Wildman–Crippen LogP) is 1.85. The average Bonchev–Trinajstić information content (AvgIpc) is 2.37. The number of ether oxygens (including phenoxy) is 1. The summed E-state index contributed by atoms with van der Waals surface area (Å²) in [4.78, 5) is 10.3. The van der Waals surface area contributed by atoms with E-state index in [9.17, 15) is 10.1 Å². The molecular formula is C13H20N2O4. The van der Waals surface area contributed by atoms with Crippen molar-refractivity contribution in [1.82, 2.24) is 5.32 Å². The Kier molecular flexibility index (Phi) is 6.24. The van der Waals surface area contributed by atoms with Crippen LogP contribution in [0.25, 0.3) is 0 Å². The highest BCUT2D eigenvalue weighted by Gasteiger charge is 2.10.